The fraction of sp³-hybridized carbons (Fsp3) is 0.725. The Kier molecular flexibility index (Phi) is 13.6. The molecular formula is C40H62N2O9. The van der Waals surface area contributed by atoms with Gasteiger partial charge in [0.15, 0.2) is 11.9 Å². The lowest BCUT2D eigenvalue weighted by atomic mass is 9.74. The van der Waals surface area contributed by atoms with Crippen molar-refractivity contribution in [3.05, 3.63) is 47.5 Å². The van der Waals surface area contributed by atoms with E-state index >= 15 is 0 Å². The molecule has 0 saturated carbocycles. The Bertz CT molecular complexity index is 1390. The number of carbonyl (C=O) groups excluding carboxylic acids is 3. The fourth-order valence-corrected chi connectivity index (χ4v) is 8.71. The summed E-state index contributed by atoms with van der Waals surface area (Å²) in [6, 6.07) is 9.17. The van der Waals surface area contributed by atoms with Crippen molar-refractivity contribution in [3.8, 4) is 0 Å². The van der Waals surface area contributed by atoms with Crippen LogP contribution in [0.25, 0.3) is 0 Å². The van der Waals surface area contributed by atoms with E-state index in [4.69, 9.17) is 23.7 Å². The third-order valence-corrected chi connectivity index (χ3v) is 11.5. The summed E-state index contributed by atoms with van der Waals surface area (Å²) in [4.78, 5) is 45.7. The van der Waals surface area contributed by atoms with E-state index in [0.29, 0.717) is 31.4 Å². The number of rotatable bonds is 9. The Morgan fingerprint density at radius 2 is 1.73 bits per heavy atom. The fourth-order valence-electron chi connectivity index (χ4n) is 8.71. The number of esters is 1. The molecule has 0 bridgehead atoms. The van der Waals surface area contributed by atoms with Crippen molar-refractivity contribution in [3.63, 3.8) is 0 Å². The van der Waals surface area contributed by atoms with E-state index in [1.165, 1.54) is 0 Å². The van der Waals surface area contributed by atoms with Gasteiger partial charge >= 0.3 is 12.1 Å². The molecule has 3 heterocycles. The zero-order valence-electron chi connectivity index (χ0n) is 32.6. The molecule has 0 spiro atoms. The Balaban J connectivity index is 1.73. The highest BCUT2D eigenvalue weighted by Gasteiger charge is 2.59. The van der Waals surface area contributed by atoms with Crippen LogP contribution in [0.15, 0.2) is 42.0 Å². The summed E-state index contributed by atoms with van der Waals surface area (Å²) in [6.45, 7) is 15.2. The molecule has 11 nitrogen and oxygen atoms in total. The molecule has 2 fully saturated rings. The number of amides is 1. The predicted molar refractivity (Wildman–Crippen MR) is 194 cm³/mol. The summed E-state index contributed by atoms with van der Waals surface area (Å²) in [5.41, 5.74) is -0.815. The summed E-state index contributed by atoms with van der Waals surface area (Å²) < 4.78 is 31.4. The van der Waals surface area contributed by atoms with Crippen molar-refractivity contribution in [1.29, 1.82) is 0 Å². The second-order valence-corrected chi connectivity index (χ2v) is 15.7. The number of aliphatic hydroxyl groups is 1. The number of nitrogens with zero attached hydrogens (tertiary/aromatic N) is 2. The zero-order valence-corrected chi connectivity index (χ0v) is 32.6. The molecule has 11 heteroatoms. The van der Waals surface area contributed by atoms with E-state index in [9.17, 15) is 19.5 Å². The van der Waals surface area contributed by atoms with Crippen LogP contribution in [0, 0.1) is 17.8 Å². The number of hydrogen-bond acceptors (Lipinski definition) is 10. The van der Waals surface area contributed by atoms with E-state index in [-0.39, 0.29) is 24.3 Å². The van der Waals surface area contributed by atoms with Crippen LogP contribution in [-0.2, 0) is 39.7 Å². The number of fused-ring (bicyclic) bond motifs is 1. The Hall–Kier alpha value is -2.83. The molecule has 0 radical (unpaired) electrons. The van der Waals surface area contributed by atoms with Crippen LogP contribution in [0.5, 0.6) is 0 Å². The van der Waals surface area contributed by atoms with Gasteiger partial charge in [0.1, 0.15) is 18.0 Å². The predicted octanol–water partition coefficient (Wildman–Crippen LogP) is 5.56. The molecule has 1 aromatic carbocycles. The summed E-state index contributed by atoms with van der Waals surface area (Å²) in [5.74, 6) is -2.22. The van der Waals surface area contributed by atoms with Crippen LogP contribution < -0.4 is 0 Å². The molecule has 2 saturated heterocycles. The quantitative estimate of drug-likeness (QED) is 0.325. The number of aryl methyl sites for hydroxylation is 1. The molecule has 286 valence electrons. The lowest BCUT2D eigenvalue weighted by molar-refractivity contribution is -0.294. The number of ether oxygens (including phenoxy) is 5. The number of ketones is 1. The lowest BCUT2D eigenvalue weighted by Gasteiger charge is -2.47. The normalized spacial score (nSPS) is 39.5. The average molecular weight is 715 g/mol. The van der Waals surface area contributed by atoms with Gasteiger partial charge in [0.05, 0.1) is 23.9 Å². The molecule has 12 atom stereocenters. The summed E-state index contributed by atoms with van der Waals surface area (Å²) in [7, 11) is 5.42. The summed E-state index contributed by atoms with van der Waals surface area (Å²) in [6.07, 6.45) is 0.353. The first-order chi connectivity index (χ1) is 24.0. The molecule has 51 heavy (non-hydrogen) atoms. The van der Waals surface area contributed by atoms with Gasteiger partial charge in [-0.1, -0.05) is 64.1 Å². The van der Waals surface area contributed by atoms with Crippen LogP contribution in [0.1, 0.15) is 86.6 Å². The second-order valence-electron chi connectivity index (χ2n) is 15.7. The molecule has 1 unspecified atom stereocenters. The van der Waals surface area contributed by atoms with Crippen molar-refractivity contribution in [2.45, 2.75) is 141 Å². The summed E-state index contributed by atoms with van der Waals surface area (Å²) in [5, 5.41) is 11.4. The first-order valence-corrected chi connectivity index (χ1v) is 18.6. The Labute approximate surface area is 304 Å². The maximum absolute atomic E-state index is 14.6. The molecular weight excluding hydrogens is 652 g/mol. The second kappa shape index (κ2) is 16.9. The average Bonchev–Trinajstić information content (AvgIpc) is 3.35. The largest absolute Gasteiger partial charge is 0.455 e. The first-order valence-electron chi connectivity index (χ1n) is 18.6. The molecule has 1 amide bonds. The Morgan fingerprint density at radius 1 is 1.06 bits per heavy atom. The number of carbonyl (C=O) groups is 3. The molecule has 3 aliphatic heterocycles. The van der Waals surface area contributed by atoms with Gasteiger partial charge < -0.3 is 38.6 Å². The molecule has 0 aromatic heterocycles. The molecule has 3 aliphatic rings. The van der Waals surface area contributed by atoms with Gasteiger partial charge in [-0.2, -0.15) is 0 Å². The van der Waals surface area contributed by atoms with Crippen molar-refractivity contribution >= 4 is 17.8 Å². The van der Waals surface area contributed by atoms with E-state index in [1.807, 2.05) is 78.7 Å². The van der Waals surface area contributed by atoms with Crippen molar-refractivity contribution in [1.82, 2.24) is 9.80 Å². The van der Waals surface area contributed by atoms with E-state index in [2.05, 4.69) is 12.1 Å². The molecule has 0 aliphatic carbocycles. The number of methoxy groups -OCH3 is 1. The van der Waals surface area contributed by atoms with Crippen molar-refractivity contribution in [2.24, 2.45) is 17.8 Å². The third-order valence-electron chi connectivity index (χ3n) is 11.5. The van der Waals surface area contributed by atoms with Gasteiger partial charge in [0, 0.05) is 43.0 Å². The number of hydrogen-bond donors (Lipinski definition) is 1. The van der Waals surface area contributed by atoms with Gasteiger partial charge in [0.25, 0.3) is 0 Å². The lowest BCUT2D eigenvalue weighted by Crippen LogP contribution is -2.59. The van der Waals surface area contributed by atoms with Gasteiger partial charge in [0.2, 0.25) is 0 Å². The number of cyclic esters (lactones) is 1. The first kappa shape index (κ1) is 40.9. The van der Waals surface area contributed by atoms with Crippen LogP contribution in [0.4, 0.5) is 4.79 Å². The SMILES string of the molecule is CCC1OC(=O)/C(C)=C/[C@H](C)[C@@H](O[C@@H]2O[C@H](C)C[C@H](N(C)C)[C@H]2O)[C@](C)(OC)C[C@@H](C)C(=O)[C@H](C)[C@H]2N(CCCc3ccccc3)C(=O)O[C@]12C. The highest BCUT2D eigenvalue weighted by Crippen LogP contribution is 2.43. The molecule has 1 aromatic rings. The van der Waals surface area contributed by atoms with E-state index in [0.717, 1.165) is 12.0 Å². The van der Waals surface area contributed by atoms with E-state index < -0.39 is 71.7 Å². The standard InChI is InChI=1S/C40H62N2O9/c1-12-31-40(8)34(42(38(46)51-40)20-16-19-29-17-14-13-15-18-29)28(6)32(43)26(4)23-39(7,47-11)35(24(2)21-25(3)36(45)49-31)50-37-33(44)30(41(9)10)22-27(5)48-37/h13-15,17-18,21,24,26-28,30-31,33-35,37,44H,12,16,19-20,22-23H2,1-11H3/b25-21+/t24-,26+,27+,28-,30-,31?,33+,34+,35+,37-,39+,40+/m0/s1. The Morgan fingerprint density at radius 3 is 2.33 bits per heavy atom. The third kappa shape index (κ3) is 8.87. The van der Waals surface area contributed by atoms with Crippen LogP contribution in [0.3, 0.4) is 0 Å². The maximum Gasteiger partial charge on any atom is 0.410 e. The van der Waals surface area contributed by atoms with E-state index in [1.54, 1.807) is 31.9 Å². The smallest absolute Gasteiger partial charge is 0.410 e. The number of aliphatic hydroxyl groups excluding tert-OH is 1. The van der Waals surface area contributed by atoms with Crippen LogP contribution in [0.2, 0.25) is 0 Å². The van der Waals surface area contributed by atoms with Gasteiger partial charge in [-0.05, 0) is 79.5 Å². The topological polar surface area (TPSA) is 124 Å². The minimum Gasteiger partial charge on any atom is -0.455 e. The zero-order chi connectivity index (χ0) is 37.8. The number of Topliss-reactive ketones (excluding diaryl/α,β-unsaturated/α-hetero) is 1. The number of benzene rings is 1. The van der Waals surface area contributed by atoms with Gasteiger partial charge in [-0.3, -0.25) is 4.79 Å². The van der Waals surface area contributed by atoms with Crippen LogP contribution >= 0.6 is 0 Å². The number of likely N-dealkylation sites (N-methyl/N-ethyl adjacent to an activating group) is 1. The maximum atomic E-state index is 14.6. The highest BCUT2D eigenvalue weighted by molar-refractivity contribution is 5.88. The summed E-state index contributed by atoms with van der Waals surface area (Å²) >= 11 is 0. The van der Waals surface area contributed by atoms with Crippen LogP contribution in [-0.4, -0.2) is 114 Å². The highest BCUT2D eigenvalue weighted by atomic mass is 16.7. The van der Waals surface area contributed by atoms with Crippen molar-refractivity contribution < 1.29 is 43.2 Å². The minimum absolute atomic E-state index is 0.0625. The monoisotopic (exact) mass is 714 g/mol. The molecule has 1 N–H and O–H groups in total. The minimum atomic E-state index is -1.27. The van der Waals surface area contributed by atoms with Gasteiger partial charge in [-0.15, -0.1) is 0 Å². The van der Waals surface area contributed by atoms with Crippen molar-refractivity contribution in [2.75, 3.05) is 27.7 Å². The molecule has 4 rings (SSSR count). The van der Waals surface area contributed by atoms with Gasteiger partial charge in [-0.25, -0.2) is 9.59 Å².